The standard InChI is InChI=1S/C21H29N7O2.C9H14O2/c1-26(15-20(30)28-9-6-22-7-10-28)12-13-27-11-8-23-21-18(27)14-17(24-25-21)16-4-2-3-5-19(16)29;1-11-8(10)7-5-9(6-7)3-2-4-9/h2-5,14,22,29H,6-13,15H2,1H3,(H,23,25);7H,2-6H2,1H3. The topological polar surface area (TPSA) is 123 Å². The maximum Gasteiger partial charge on any atom is 0.308 e. The van der Waals surface area contributed by atoms with Crippen LogP contribution in [0.1, 0.15) is 32.1 Å². The number of amides is 1. The van der Waals surface area contributed by atoms with Crippen LogP contribution in [0.3, 0.4) is 0 Å². The van der Waals surface area contributed by atoms with Gasteiger partial charge in [-0.05, 0) is 56.3 Å². The van der Waals surface area contributed by atoms with Crippen LogP contribution in [-0.2, 0) is 14.3 Å². The molecule has 2 aromatic rings. The van der Waals surface area contributed by atoms with Crippen LogP contribution in [0.25, 0.3) is 11.3 Å². The summed E-state index contributed by atoms with van der Waals surface area (Å²) in [5.74, 6) is 1.36. The number of benzene rings is 1. The summed E-state index contributed by atoms with van der Waals surface area (Å²) in [4.78, 5) is 29.7. The summed E-state index contributed by atoms with van der Waals surface area (Å²) >= 11 is 0. The Morgan fingerprint density at radius 2 is 1.88 bits per heavy atom. The van der Waals surface area contributed by atoms with Gasteiger partial charge in [0.05, 0.1) is 31.0 Å². The number of aromatic hydroxyl groups is 1. The number of carbonyl (C=O) groups excluding carboxylic acids is 2. The van der Waals surface area contributed by atoms with E-state index < -0.39 is 0 Å². The highest BCUT2D eigenvalue weighted by molar-refractivity contribution is 5.78. The molecule has 3 N–H and O–H groups in total. The van der Waals surface area contributed by atoms with Gasteiger partial charge < -0.3 is 30.3 Å². The van der Waals surface area contributed by atoms with Gasteiger partial charge in [0.1, 0.15) is 5.75 Å². The molecule has 3 fully saturated rings. The van der Waals surface area contributed by atoms with Crippen molar-refractivity contribution in [2.24, 2.45) is 11.3 Å². The fraction of sp³-hybridized carbons (Fsp3) is 0.600. The van der Waals surface area contributed by atoms with E-state index >= 15 is 0 Å². The number of carbonyl (C=O) groups is 2. The van der Waals surface area contributed by atoms with Crippen molar-refractivity contribution >= 4 is 23.4 Å². The van der Waals surface area contributed by atoms with Gasteiger partial charge in [0, 0.05) is 57.9 Å². The lowest BCUT2D eigenvalue weighted by Crippen LogP contribution is -2.49. The number of phenols is 1. The number of hydrogen-bond acceptors (Lipinski definition) is 10. The zero-order valence-electron chi connectivity index (χ0n) is 24.3. The van der Waals surface area contributed by atoms with Gasteiger partial charge in [0.15, 0.2) is 5.82 Å². The molecule has 2 aliphatic carbocycles. The Balaban J connectivity index is 0.000000255. The number of aromatic nitrogens is 2. The van der Waals surface area contributed by atoms with Crippen molar-refractivity contribution in [3.63, 3.8) is 0 Å². The summed E-state index contributed by atoms with van der Waals surface area (Å²) in [5, 5.41) is 25.3. The number of para-hydroxylation sites is 1. The monoisotopic (exact) mass is 565 g/mol. The molecule has 1 aromatic carbocycles. The summed E-state index contributed by atoms with van der Waals surface area (Å²) in [6.45, 7) is 6.92. The predicted molar refractivity (Wildman–Crippen MR) is 158 cm³/mol. The van der Waals surface area contributed by atoms with Crippen LogP contribution in [0.2, 0.25) is 0 Å². The van der Waals surface area contributed by atoms with Crippen LogP contribution >= 0.6 is 0 Å². The van der Waals surface area contributed by atoms with Gasteiger partial charge in [-0.2, -0.15) is 0 Å². The maximum atomic E-state index is 12.5. The van der Waals surface area contributed by atoms with Gasteiger partial charge in [-0.25, -0.2) is 0 Å². The highest BCUT2D eigenvalue weighted by atomic mass is 16.5. The first-order chi connectivity index (χ1) is 19.9. The molecular weight excluding hydrogens is 522 g/mol. The van der Waals surface area contributed by atoms with E-state index in [9.17, 15) is 14.7 Å². The third-order valence-electron chi connectivity index (χ3n) is 8.90. The van der Waals surface area contributed by atoms with Crippen LogP contribution < -0.4 is 15.5 Å². The van der Waals surface area contributed by atoms with E-state index in [1.165, 1.54) is 26.4 Å². The van der Waals surface area contributed by atoms with Crippen molar-refractivity contribution in [1.82, 2.24) is 25.3 Å². The van der Waals surface area contributed by atoms with E-state index in [-0.39, 0.29) is 23.5 Å². The Kier molecular flexibility index (Phi) is 9.24. The van der Waals surface area contributed by atoms with Gasteiger partial charge in [-0.1, -0.05) is 18.6 Å². The van der Waals surface area contributed by atoms with E-state index in [2.05, 4.69) is 35.4 Å². The average molecular weight is 566 g/mol. The molecule has 4 aliphatic rings. The molecular formula is C30H43N7O4. The Bertz CT molecular complexity index is 1210. The number of nitrogens with zero attached hydrogens (tertiary/aromatic N) is 5. The molecule has 0 atom stereocenters. The maximum absolute atomic E-state index is 12.5. The summed E-state index contributed by atoms with van der Waals surface area (Å²) < 4.78 is 4.68. The normalized spacial score (nSPS) is 19.3. The summed E-state index contributed by atoms with van der Waals surface area (Å²) in [7, 11) is 3.47. The highest BCUT2D eigenvalue weighted by Gasteiger charge is 2.50. The molecule has 2 aliphatic heterocycles. The summed E-state index contributed by atoms with van der Waals surface area (Å²) in [6.07, 6.45) is 6.26. The first-order valence-corrected chi connectivity index (χ1v) is 14.8. The number of likely N-dealkylation sites (N-methyl/N-ethyl adjacent to an activating group) is 1. The lowest BCUT2D eigenvalue weighted by Gasteiger charge is -2.53. The molecule has 2 saturated carbocycles. The third kappa shape index (κ3) is 6.90. The highest BCUT2D eigenvalue weighted by Crippen LogP contribution is 2.58. The molecule has 1 saturated heterocycles. The van der Waals surface area contributed by atoms with Gasteiger partial charge in [0.2, 0.25) is 5.91 Å². The van der Waals surface area contributed by atoms with Crippen LogP contribution in [0.5, 0.6) is 5.75 Å². The predicted octanol–water partition coefficient (Wildman–Crippen LogP) is 2.18. The van der Waals surface area contributed by atoms with E-state index in [4.69, 9.17) is 0 Å². The second kappa shape index (κ2) is 13.0. The van der Waals surface area contributed by atoms with Gasteiger partial charge in [-0.3, -0.25) is 14.5 Å². The third-order valence-corrected chi connectivity index (χ3v) is 8.90. The zero-order chi connectivity index (χ0) is 28.8. The Morgan fingerprint density at radius 1 is 1.12 bits per heavy atom. The van der Waals surface area contributed by atoms with Crippen molar-refractivity contribution < 1.29 is 19.4 Å². The molecule has 11 heteroatoms. The number of piperazine rings is 1. The van der Waals surface area contributed by atoms with Crippen LogP contribution in [-0.4, -0.2) is 110 Å². The number of esters is 1. The number of methoxy groups -OCH3 is 1. The van der Waals surface area contributed by atoms with Crippen LogP contribution in [0, 0.1) is 11.3 Å². The Labute approximate surface area is 242 Å². The molecule has 6 rings (SSSR count). The number of nitrogens with one attached hydrogen (secondary N) is 2. The summed E-state index contributed by atoms with van der Waals surface area (Å²) in [5.41, 5.74) is 2.87. The van der Waals surface area contributed by atoms with Gasteiger partial charge >= 0.3 is 5.97 Å². The van der Waals surface area contributed by atoms with E-state index in [0.717, 1.165) is 76.7 Å². The fourth-order valence-electron chi connectivity index (χ4n) is 6.25. The van der Waals surface area contributed by atoms with Gasteiger partial charge in [0.25, 0.3) is 0 Å². The number of hydrogen-bond donors (Lipinski definition) is 3. The largest absolute Gasteiger partial charge is 0.507 e. The van der Waals surface area contributed by atoms with Crippen molar-refractivity contribution in [3.8, 4) is 17.0 Å². The lowest BCUT2D eigenvalue weighted by molar-refractivity contribution is -0.158. The minimum Gasteiger partial charge on any atom is -0.507 e. The second-order valence-electron chi connectivity index (χ2n) is 11.7. The minimum atomic E-state index is 0.00234. The van der Waals surface area contributed by atoms with Crippen molar-refractivity contribution in [2.45, 2.75) is 32.1 Å². The van der Waals surface area contributed by atoms with Crippen molar-refractivity contribution in [3.05, 3.63) is 30.3 Å². The smallest absolute Gasteiger partial charge is 0.308 e. The number of ether oxygens (including phenoxy) is 1. The molecule has 11 nitrogen and oxygen atoms in total. The average Bonchev–Trinajstić information content (AvgIpc) is 2.95. The van der Waals surface area contributed by atoms with Crippen LogP contribution in [0.4, 0.5) is 11.5 Å². The first kappa shape index (κ1) is 29.1. The molecule has 0 radical (unpaired) electrons. The summed E-state index contributed by atoms with van der Waals surface area (Å²) in [6, 6.07) is 9.11. The first-order valence-electron chi connectivity index (χ1n) is 14.8. The molecule has 3 heterocycles. The van der Waals surface area contributed by atoms with E-state index in [1.54, 1.807) is 12.1 Å². The fourth-order valence-corrected chi connectivity index (χ4v) is 6.25. The Hall–Kier alpha value is -3.44. The molecule has 41 heavy (non-hydrogen) atoms. The molecule has 222 valence electrons. The van der Waals surface area contributed by atoms with Crippen molar-refractivity contribution in [1.29, 1.82) is 0 Å². The van der Waals surface area contributed by atoms with E-state index in [0.29, 0.717) is 23.2 Å². The number of rotatable bonds is 7. The minimum absolute atomic E-state index is 0.00234. The van der Waals surface area contributed by atoms with Crippen LogP contribution in [0.15, 0.2) is 30.3 Å². The molecule has 0 bridgehead atoms. The number of anilines is 2. The number of phenolic OH excluding ortho intramolecular Hbond substituents is 1. The lowest BCUT2D eigenvalue weighted by atomic mass is 9.52. The van der Waals surface area contributed by atoms with E-state index in [1.807, 2.05) is 30.1 Å². The molecule has 0 unspecified atom stereocenters. The quantitative estimate of drug-likeness (QED) is 0.431. The molecule has 1 amide bonds. The SMILES string of the molecule is CN(CCN1CCNc2nnc(-c3ccccc3O)cc21)CC(=O)N1CCNCC1.COC(=O)C1CC2(CCC2)C1. The van der Waals surface area contributed by atoms with Crippen molar-refractivity contribution in [2.75, 3.05) is 83.3 Å². The zero-order valence-corrected chi connectivity index (χ0v) is 24.3. The molecule has 1 aromatic heterocycles. The Morgan fingerprint density at radius 3 is 2.56 bits per heavy atom. The number of fused-ring (bicyclic) bond motifs is 1. The van der Waals surface area contributed by atoms with Gasteiger partial charge in [-0.15, -0.1) is 10.2 Å². The molecule has 1 spiro atoms. The second-order valence-corrected chi connectivity index (χ2v) is 11.7.